The Morgan fingerprint density at radius 1 is 1.14 bits per heavy atom. The molecule has 36 heavy (non-hydrogen) atoms. The first kappa shape index (κ1) is 25.1. The van der Waals surface area contributed by atoms with E-state index in [1.807, 2.05) is 43.3 Å². The Balaban J connectivity index is 1.83. The number of carboxylic acid groups (broad SMARTS) is 1. The molecule has 1 unspecified atom stereocenters. The number of benzene rings is 2. The molecule has 4 aromatic rings. The summed E-state index contributed by atoms with van der Waals surface area (Å²) in [7, 11) is 3.28. The molecule has 0 radical (unpaired) electrons. The number of aromatic nitrogens is 3. The lowest BCUT2D eigenvalue weighted by molar-refractivity contribution is 0.0688. The minimum Gasteiger partial charge on any atom is -0.497 e. The smallest absolute Gasteiger partial charge is 0.356 e. The van der Waals surface area contributed by atoms with E-state index in [1.54, 1.807) is 50.2 Å². The van der Waals surface area contributed by atoms with Crippen LogP contribution in [0.15, 0.2) is 65.6 Å². The van der Waals surface area contributed by atoms with Crippen molar-refractivity contribution in [3.63, 3.8) is 0 Å². The molecule has 0 aliphatic heterocycles. The van der Waals surface area contributed by atoms with Crippen LogP contribution >= 0.6 is 11.6 Å². The average molecular weight is 507 g/mol. The molecule has 2 heterocycles. The maximum atomic E-state index is 12.3. The van der Waals surface area contributed by atoms with Gasteiger partial charge in [-0.15, -0.1) is 0 Å². The van der Waals surface area contributed by atoms with E-state index >= 15 is 0 Å². The molecule has 0 fully saturated rings. The fraction of sp³-hybridized carbons (Fsp3) is 0.222. The highest BCUT2D eigenvalue weighted by molar-refractivity contribution is 6.30. The van der Waals surface area contributed by atoms with Gasteiger partial charge in [-0.1, -0.05) is 35.9 Å². The Morgan fingerprint density at radius 2 is 1.81 bits per heavy atom. The van der Waals surface area contributed by atoms with E-state index in [9.17, 15) is 14.7 Å². The third kappa shape index (κ3) is 5.13. The van der Waals surface area contributed by atoms with Crippen LogP contribution in [0, 0.1) is 13.8 Å². The molecule has 2 N–H and O–H groups in total. The first-order valence-electron chi connectivity index (χ1n) is 11.3. The molecule has 2 aromatic carbocycles. The minimum atomic E-state index is -1.13. The van der Waals surface area contributed by atoms with E-state index in [2.05, 4.69) is 10.4 Å². The molecule has 0 aliphatic rings. The zero-order chi connectivity index (χ0) is 26.0. The van der Waals surface area contributed by atoms with Gasteiger partial charge >= 0.3 is 5.97 Å². The van der Waals surface area contributed by atoms with E-state index < -0.39 is 12.0 Å². The van der Waals surface area contributed by atoms with Crippen LogP contribution < -0.4 is 15.6 Å². The molecule has 0 saturated heterocycles. The van der Waals surface area contributed by atoms with E-state index in [4.69, 9.17) is 16.3 Å². The SMILES string of the molecule is COc1ccc(Cn2nc(C(=O)O)c(C(Nc3cc(C)c(=O)n(C)c3)c3ccc(Cl)cc3)c2C)cc1. The van der Waals surface area contributed by atoms with Gasteiger partial charge in [0.05, 0.1) is 25.4 Å². The van der Waals surface area contributed by atoms with Gasteiger partial charge < -0.3 is 19.7 Å². The first-order chi connectivity index (χ1) is 17.2. The van der Waals surface area contributed by atoms with Crippen molar-refractivity contribution in [1.82, 2.24) is 14.3 Å². The van der Waals surface area contributed by atoms with Gasteiger partial charge in [0.2, 0.25) is 0 Å². The summed E-state index contributed by atoms with van der Waals surface area (Å²) in [4.78, 5) is 24.6. The number of pyridine rings is 1. The van der Waals surface area contributed by atoms with Crippen molar-refractivity contribution in [2.45, 2.75) is 26.4 Å². The van der Waals surface area contributed by atoms with Gasteiger partial charge in [-0.05, 0) is 55.3 Å². The number of halogens is 1. The third-order valence-corrected chi connectivity index (χ3v) is 6.36. The molecule has 0 spiro atoms. The minimum absolute atomic E-state index is 0.0463. The van der Waals surface area contributed by atoms with Crippen LogP contribution in [0.25, 0.3) is 0 Å². The van der Waals surface area contributed by atoms with Gasteiger partial charge in [-0.3, -0.25) is 9.48 Å². The fourth-order valence-electron chi connectivity index (χ4n) is 4.22. The van der Waals surface area contributed by atoms with Crippen molar-refractivity contribution in [3.05, 3.63) is 110 Å². The van der Waals surface area contributed by atoms with Gasteiger partial charge in [-0.25, -0.2) is 4.79 Å². The second kappa shape index (κ2) is 10.3. The number of anilines is 1. The number of carbonyl (C=O) groups is 1. The summed E-state index contributed by atoms with van der Waals surface area (Å²) < 4.78 is 8.41. The standard InChI is InChI=1S/C27H27ClN4O4/c1-16-13-21(15-31(3)26(16)33)29-24(19-7-9-20(28)10-8-19)23-17(2)32(30-25(23)27(34)35)14-18-5-11-22(36-4)12-6-18/h5-13,15,24,29H,14H2,1-4H3,(H,34,35). The lowest BCUT2D eigenvalue weighted by Gasteiger charge is -2.22. The van der Waals surface area contributed by atoms with Gasteiger partial charge in [0.1, 0.15) is 5.75 Å². The quantitative estimate of drug-likeness (QED) is 0.356. The predicted octanol–water partition coefficient (Wildman–Crippen LogP) is 4.81. The second-order valence-electron chi connectivity index (χ2n) is 8.62. The summed E-state index contributed by atoms with van der Waals surface area (Å²) in [5, 5.41) is 18.6. The van der Waals surface area contributed by atoms with Gasteiger partial charge in [-0.2, -0.15) is 5.10 Å². The van der Waals surface area contributed by atoms with Gasteiger partial charge in [0, 0.05) is 35.1 Å². The number of nitrogens with one attached hydrogen (secondary N) is 1. The predicted molar refractivity (Wildman–Crippen MR) is 139 cm³/mol. The molecule has 0 saturated carbocycles. The number of aromatic carboxylic acids is 1. The number of nitrogens with zero attached hydrogens (tertiary/aromatic N) is 3. The van der Waals surface area contributed by atoms with Crippen LogP contribution in [0.3, 0.4) is 0 Å². The highest BCUT2D eigenvalue weighted by Crippen LogP contribution is 2.33. The van der Waals surface area contributed by atoms with Crippen LogP contribution in [0.5, 0.6) is 5.75 Å². The maximum Gasteiger partial charge on any atom is 0.356 e. The van der Waals surface area contributed by atoms with Crippen molar-refractivity contribution in [2.75, 3.05) is 12.4 Å². The summed E-state index contributed by atoms with van der Waals surface area (Å²) in [5.74, 6) is -0.388. The Kier molecular flexibility index (Phi) is 7.17. The molecular formula is C27H27ClN4O4. The van der Waals surface area contributed by atoms with Crippen molar-refractivity contribution in [1.29, 1.82) is 0 Å². The van der Waals surface area contributed by atoms with Crippen LogP contribution in [0.1, 0.15) is 44.5 Å². The monoisotopic (exact) mass is 506 g/mol. The Labute approximate surface area is 213 Å². The number of hydrogen-bond donors (Lipinski definition) is 2. The normalized spacial score (nSPS) is 11.8. The second-order valence-corrected chi connectivity index (χ2v) is 9.05. The fourth-order valence-corrected chi connectivity index (χ4v) is 4.35. The van der Waals surface area contributed by atoms with E-state index in [1.165, 1.54) is 4.57 Å². The van der Waals surface area contributed by atoms with Crippen molar-refractivity contribution in [3.8, 4) is 5.75 Å². The Hall–Kier alpha value is -4.04. The van der Waals surface area contributed by atoms with Crippen LogP contribution in [0.4, 0.5) is 5.69 Å². The number of methoxy groups -OCH3 is 1. The molecule has 0 amide bonds. The number of carboxylic acids is 1. The molecule has 0 bridgehead atoms. The van der Waals surface area contributed by atoms with Gasteiger partial charge in [0.15, 0.2) is 5.69 Å². The third-order valence-electron chi connectivity index (χ3n) is 6.11. The number of aryl methyl sites for hydroxylation is 2. The highest BCUT2D eigenvalue weighted by Gasteiger charge is 2.28. The number of ether oxygens (including phenoxy) is 1. The van der Waals surface area contributed by atoms with Crippen molar-refractivity contribution in [2.24, 2.45) is 7.05 Å². The number of rotatable bonds is 8. The average Bonchev–Trinajstić information content (AvgIpc) is 3.18. The molecule has 1 atom stereocenters. The van der Waals surface area contributed by atoms with Gasteiger partial charge in [0.25, 0.3) is 5.56 Å². The van der Waals surface area contributed by atoms with E-state index in [0.29, 0.717) is 34.1 Å². The summed E-state index contributed by atoms with van der Waals surface area (Å²) in [5.41, 5.74) is 4.10. The molecule has 0 aliphatic carbocycles. The lowest BCUT2D eigenvalue weighted by Crippen LogP contribution is -2.21. The topological polar surface area (TPSA) is 98.4 Å². The van der Waals surface area contributed by atoms with Crippen LogP contribution in [-0.2, 0) is 13.6 Å². The van der Waals surface area contributed by atoms with Crippen molar-refractivity contribution < 1.29 is 14.6 Å². The van der Waals surface area contributed by atoms with E-state index in [-0.39, 0.29) is 11.3 Å². The maximum absolute atomic E-state index is 12.3. The molecule has 186 valence electrons. The molecule has 9 heteroatoms. The number of hydrogen-bond acceptors (Lipinski definition) is 5. The summed E-state index contributed by atoms with van der Waals surface area (Å²) >= 11 is 6.13. The van der Waals surface area contributed by atoms with E-state index in [0.717, 1.165) is 16.9 Å². The summed E-state index contributed by atoms with van der Waals surface area (Å²) in [6, 6.07) is 16.0. The summed E-state index contributed by atoms with van der Waals surface area (Å²) in [6.45, 7) is 3.99. The van der Waals surface area contributed by atoms with Crippen molar-refractivity contribution >= 4 is 23.3 Å². The first-order valence-corrected chi connectivity index (χ1v) is 11.7. The molecular weight excluding hydrogens is 480 g/mol. The molecule has 8 nitrogen and oxygen atoms in total. The largest absolute Gasteiger partial charge is 0.497 e. The molecule has 2 aromatic heterocycles. The highest BCUT2D eigenvalue weighted by atomic mass is 35.5. The lowest BCUT2D eigenvalue weighted by atomic mass is 9.96. The zero-order valence-electron chi connectivity index (χ0n) is 20.4. The zero-order valence-corrected chi connectivity index (χ0v) is 21.2. The summed E-state index contributed by atoms with van der Waals surface area (Å²) in [6.07, 6.45) is 1.69. The van der Waals surface area contributed by atoms with Crippen LogP contribution in [0.2, 0.25) is 5.02 Å². The Morgan fingerprint density at radius 3 is 2.39 bits per heavy atom. The van der Waals surface area contributed by atoms with Crippen LogP contribution in [-0.4, -0.2) is 32.5 Å². The molecule has 4 rings (SSSR count). The Bertz CT molecular complexity index is 1430.